The van der Waals surface area contributed by atoms with Gasteiger partial charge in [0, 0.05) is 5.56 Å². The van der Waals surface area contributed by atoms with Gasteiger partial charge < -0.3 is 19.9 Å². The predicted octanol–water partition coefficient (Wildman–Crippen LogP) is 2.94. The summed E-state index contributed by atoms with van der Waals surface area (Å²) in [4.78, 5) is 4.53. The van der Waals surface area contributed by atoms with Gasteiger partial charge in [0.2, 0.25) is 0 Å². The zero-order valence-electron chi connectivity index (χ0n) is 15.0. The molecule has 0 saturated heterocycles. The number of hydrogen-bond acceptors (Lipinski definition) is 6. The lowest BCUT2D eigenvalue weighted by Gasteiger charge is -2.10. The van der Waals surface area contributed by atoms with Crippen LogP contribution in [0.25, 0.3) is 11.4 Å². The molecule has 1 atom stereocenters. The first-order valence-corrected chi connectivity index (χ1v) is 8.29. The molecule has 0 amide bonds. The largest absolute Gasteiger partial charge is 0.497 e. The molecule has 3 rings (SSSR count). The molecule has 3 N–H and O–H groups in total. The van der Waals surface area contributed by atoms with Gasteiger partial charge in [0.25, 0.3) is 0 Å². The molecule has 0 unspecified atom stereocenters. The number of ether oxygens (including phenoxy) is 3. The zero-order valence-corrected chi connectivity index (χ0v) is 15.0. The van der Waals surface area contributed by atoms with E-state index < -0.39 is 6.04 Å². The molecule has 1 heterocycles. The number of nitrogens with one attached hydrogen (secondary N) is 1. The van der Waals surface area contributed by atoms with E-state index in [0.29, 0.717) is 29.8 Å². The van der Waals surface area contributed by atoms with Crippen molar-refractivity contribution in [2.24, 2.45) is 5.73 Å². The van der Waals surface area contributed by atoms with Gasteiger partial charge in [0.1, 0.15) is 11.6 Å². The molecule has 0 saturated carbocycles. The van der Waals surface area contributed by atoms with Crippen LogP contribution in [-0.2, 0) is 0 Å². The van der Waals surface area contributed by atoms with Crippen molar-refractivity contribution in [1.82, 2.24) is 15.2 Å². The number of benzene rings is 2. The Labute approximate surface area is 152 Å². The Balaban J connectivity index is 1.87. The van der Waals surface area contributed by atoms with E-state index >= 15 is 0 Å². The maximum atomic E-state index is 6.32. The molecule has 0 bridgehead atoms. The van der Waals surface area contributed by atoms with Crippen molar-refractivity contribution in [3.8, 4) is 28.6 Å². The van der Waals surface area contributed by atoms with Crippen molar-refractivity contribution in [3.63, 3.8) is 0 Å². The summed E-state index contributed by atoms with van der Waals surface area (Å²) in [6, 6.07) is 12.7. The fraction of sp³-hybridized carbons (Fsp3) is 0.263. The average molecular weight is 354 g/mol. The second-order valence-corrected chi connectivity index (χ2v) is 5.60. The van der Waals surface area contributed by atoms with Gasteiger partial charge in [-0.2, -0.15) is 5.10 Å². The molecule has 7 nitrogen and oxygen atoms in total. The van der Waals surface area contributed by atoms with Crippen LogP contribution in [0.1, 0.15) is 24.4 Å². The van der Waals surface area contributed by atoms with Crippen LogP contribution >= 0.6 is 0 Å². The molecule has 2 aromatic carbocycles. The standard InChI is InChI=1S/C19H22N4O3/c1-4-26-15-9-8-13(11-16(15)25-3)18-21-19(23-22-18)17(20)12-6-5-7-14(10-12)24-2/h5-11,17H,4,20H2,1-3H3,(H,21,22,23)/t17-/m1/s1. The molecule has 26 heavy (non-hydrogen) atoms. The molecular formula is C19H22N4O3. The van der Waals surface area contributed by atoms with E-state index in [1.54, 1.807) is 14.2 Å². The molecule has 0 radical (unpaired) electrons. The summed E-state index contributed by atoms with van der Waals surface area (Å²) < 4.78 is 16.2. The van der Waals surface area contributed by atoms with Crippen molar-refractivity contribution < 1.29 is 14.2 Å². The number of H-pyrrole nitrogens is 1. The van der Waals surface area contributed by atoms with Crippen molar-refractivity contribution in [3.05, 3.63) is 53.9 Å². The number of aromatic amines is 1. The highest BCUT2D eigenvalue weighted by Gasteiger charge is 2.16. The second-order valence-electron chi connectivity index (χ2n) is 5.60. The molecule has 136 valence electrons. The number of rotatable bonds is 7. The predicted molar refractivity (Wildman–Crippen MR) is 98.6 cm³/mol. The summed E-state index contributed by atoms with van der Waals surface area (Å²) in [5.74, 6) is 3.17. The first-order valence-electron chi connectivity index (χ1n) is 8.29. The van der Waals surface area contributed by atoms with Gasteiger partial charge in [-0.3, -0.25) is 5.10 Å². The molecule has 3 aromatic rings. The van der Waals surface area contributed by atoms with Gasteiger partial charge in [-0.05, 0) is 42.8 Å². The van der Waals surface area contributed by atoms with Crippen LogP contribution in [0.5, 0.6) is 17.2 Å². The van der Waals surface area contributed by atoms with E-state index in [2.05, 4.69) is 15.2 Å². The van der Waals surface area contributed by atoms with Gasteiger partial charge in [-0.1, -0.05) is 12.1 Å². The maximum absolute atomic E-state index is 6.32. The Morgan fingerprint density at radius 1 is 1.08 bits per heavy atom. The molecular weight excluding hydrogens is 332 g/mol. The molecule has 0 fully saturated rings. The van der Waals surface area contributed by atoms with Gasteiger partial charge in [0.05, 0.1) is 26.9 Å². The number of nitrogens with two attached hydrogens (primary N) is 1. The van der Waals surface area contributed by atoms with E-state index in [0.717, 1.165) is 16.9 Å². The van der Waals surface area contributed by atoms with Gasteiger partial charge in [0.15, 0.2) is 17.3 Å². The maximum Gasteiger partial charge on any atom is 0.181 e. The second kappa shape index (κ2) is 7.88. The summed E-state index contributed by atoms with van der Waals surface area (Å²) >= 11 is 0. The van der Waals surface area contributed by atoms with Gasteiger partial charge in [-0.15, -0.1) is 0 Å². The van der Waals surface area contributed by atoms with Crippen LogP contribution in [0.3, 0.4) is 0 Å². The Morgan fingerprint density at radius 3 is 2.65 bits per heavy atom. The van der Waals surface area contributed by atoms with E-state index in [-0.39, 0.29) is 0 Å². The Hall–Kier alpha value is -3.06. The summed E-state index contributed by atoms with van der Waals surface area (Å²) in [7, 11) is 3.22. The van der Waals surface area contributed by atoms with Crippen molar-refractivity contribution in [2.75, 3.05) is 20.8 Å². The molecule has 0 aliphatic carbocycles. The molecule has 0 spiro atoms. The minimum Gasteiger partial charge on any atom is -0.497 e. The minimum absolute atomic E-state index is 0.434. The van der Waals surface area contributed by atoms with Crippen LogP contribution in [0.2, 0.25) is 0 Å². The first-order chi connectivity index (χ1) is 12.7. The lowest BCUT2D eigenvalue weighted by Crippen LogP contribution is -2.13. The molecule has 0 aliphatic rings. The van der Waals surface area contributed by atoms with E-state index in [4.69, 9.17) is 19.9 Å². The van der Waals surface area contributed by atoms with Gasteiger partial charge >= 0.3 is 0 Å². The third-order valence-electron chi connectivity index (χ3n) is 3.97. The van der Waals surface area contributed by atoms with Crippen LogP contribution in [0.4, 0.5) is 0 Å². The van der Waals surface area contributed by atoms with Crippen LogP contribution < -0.4 is 19.9 Å². The molecule has 7 heteroatoms. The normalized spacial score (nSPS) is 11.8. The Bertz CT molecular complexity index is 879. The van der Waals surface area contributed by atoms with Crippen LogP contribution in [0, 0.1) is 0 Å². The van der Waals surface area contributed by atoms with E-state index in [1.165, 1.54) is 0 Å². The SMILES string of the molecule is CCOc1ccc(-c2n[nH]c([C@H](N)c3cccc(OC)c3)n2)cc1OC. The lowest BCUT2D eigenvalue weighted by atomic mass is 10.1. The van der Waals surface area contributed by atoms with Crippen LogP contribution in [0.15, 0.2) is 42.5 Å². The average Bonchev–Trinajstić information content (AvgIpc) is 3.18. The van der Waals surface area contributed by atoms with Crippen molar-refractivity contribution in [2.45, 2.75) is 13.0 Å². The lowest BCUT2D eigenvalue weighted by molar-refractivity contribution is 0.311. The quantitative estimate of drug-likeness (QED) is 0.677. The Morgan fingerprint density at radius 2 is 1.92 bits per heavy atom. The number of nitrogens with zero attached hydrogens (tertiary/aromatic N) is 2. The summed E-state index contributed by atoms with van der Waals surface area (Å²) in [6.07, 6.45) is 0. The summed E-state index contributed by atoms with van der Waals surface area (Å²) in [5.41, 5.74) is 8.01. The highest BCUT2D eigenvalue weighted by Crippen LogP contribution is 2.32. The number of hydrogen-bond donors (Lipinski definition) is 2. The third kappa shape index (κ3) is 3.62. The van der Waals surface area contributed by atoms with E-state index in [1.807, 2.05) is 49.4 Å². The highest BCUT2D eigenvalue weighted by molar-refractivity contribution is 5.61. The minimum atomic E-state index is -0.434. The number of methoxy groups -OCH3 is 2. The topological polar surface area (TPSA) is 95.3 Å². The Kier molecular flexibility index (Phi) is 5.38. The van der Waals surface area contributed by atoms with E-state index in [9.17, 15) is 0 Å². The summed E-state index contributed by atoms with van der Waals surface area (Å²) in [5, 5.41) is 7.20. The van der Waals surface area contributed by atoms with Gasteiger partial charge in [-0.25, -0.2) is 4.98 Å². The monoisotopic (exact) mass is 354 g/mol. The zero-order chi connectivity index (χ0) is 18.5. The van der Waals surface area contributed by atoms with Crippen molar-refractivity contribution in [1.29, 1.82) is 0 Å². The highest BCUT2D eigenvalue weighted by atomic mass is 16.5. The van der Waals surface area contributed by atoms with Crippen molar-refractivity contribution >= 4 is 0 Å². The fourth-order valence-electron chi connectivity index (χ4n) is 2.62. The summed E-state index contributed by atoms with van der Waals surface area (Å²) in [6.45, 7) is 2.49. The molecule has 0 aliphatic heterocycles. The first kappa shape index (κ1) is 17.8. The number of aromatic nitrogens is 3. The fourth-order valence-corrected chi connectivity index (χ4v) is 2.62. The smallest absolute Gasteiger partial charge is 0.181 e. The third-order valence-corrected chi connectivity index (χ3v) is 3.97. The van der Waals surface area contributed by atoms with Crippen LogP contribution in [-0.4, -0.2) is 36.0 Å². The molecule has 1 aromatic heterocycles.